The molecule has 1 heterocycles. The summed E-state index contributed by atoms with van der Waals surface area (Å²) in [4.78, 5) is 26.2. The summed E-state index contributed by atoms with van der Waals surface area (Å²) >= 11 is 0. The average Bonchev–Trinajstić information content (AvgIpc) is 2.44. The van der Waals surface area contributed by atoms with Crippen LogP contribution in [0.2, 0.25) is 0 Å². The van der Waals surface area contributed by atoms with Crippen molar-refractivity contribution >= 4 is 12.0 Å². The smallest absolute Gasteiger partial charge is 0.319 e. The fraction of sp³-hybridized carbons (Fsp3) is 0.786. The third-order valence-corrected chi connectivity index (χ3v) is 3.65. The zero-order valence-electron chi connectivity index (χ0n) is 12.2. The van der Waals surface area contributed by atoms with Gasteiger partial charge >= 0.3 is 12.0 Å². The van der Waals surface area contributed by atoms with Crippen LogP contribution in [0.1, 0.15) is 32.6 Å². The number of likely N-dealkylation sites (tertiary alicyclic amines) is 1. The summed E-state index contributed by atoms with van der Waals surface area (Å²) in [6, 6.07) is 2.05. The molecule has 1 fully saturated rings. The van der Waals surface area contributed by atoms with Gasteiger partial charge in [0.25, 0.3) is 0 Å². The number of rotatable bonds is 5. The zero-order chi connectivity index (χ0) is 15.1. The molecule has 0 aromatic heterocycles. The zero-order valence-corrected chi connectivity index (χ0v) is 12.2. The van der Waals surface area contributed by atoms with Gasteiger partial charge in [0.05, 0.1) is 12.0 Å². The molecule has 2 amide bonds. The molecule has 2 atom stereocenters. The second-order valence-electron chi connectivity index (χ2n) is 5.58. The Bertz CT molecular complexity index is 392. The van der Waals surface area contributed by atoms with E-state index >= 15 is 0 Å². The third-order valence-electron chi connectivity index (χ3n) is 3.65. The molecule has 1 N–H and O–H groups in total. The number of carbonyl (C=O) groups is 2. The van der Waals surface area contributed by atoms with Gasteiger partial charge in [-0.05, 0) is 32.1 Å². The van der Waals surface area contributed by atoms with Gasteiger partial charge < -0.3 is 14.9 Å². The van der Waals surface area contributed by atoms with Crippen molar-refractivity contribution in [2.45, 2.75) is 32.6 Å². The molecule has 0 aromatic carbocycles. The van der Waals surface area contributed by atoms with E-state index in [0.29, 0.717) is 26.1 Å². The third kappa shape index (κ3) is 5.08. The summed E-state index contributed by atoms with van der Waals surface area (Å²) in [7, 11) is 1.71. The molecule has 6 nitrogen and oxygen atoms in total. The van der Waals surface area contributed by atoms with Gasteiger partial charge in [0.1, 0.15) is 0 Å². The molecule has 0 saturated carbocycles. The van der Waals surface area contributed by atoms with E-state index < -0.39 is 5.97 Å². The van der Waals surface area contributed by atoms with Gasteiger partial charge in [-0.1, -0.05) is 0 Å². The Hall–Kier alpha value is -1.77. The SMILES string of the molecule is CC(C#N)CN(C)C(=O)N1CCCC(CCC(=O)O)C1. The highest BCUT2D eigenvalue weighted by molar-refractivity contribution is 5.74. The summed E-state index contributed by atoms with van der Waals surface area (Å²) in [6.07, 6.45) is 2.68. The van der Waals surface area contributed by atoms with Gasteiger partial charge in [-0.2, -0.15) is 5.26 Å². The van der Waals surface area contributed by atoms with Crippen molar-refractivity contribution in [2.24, 2.45) is 11.8 Å². The van der Waals surface area contributed by atoms with Crippen LogP contribution in [0.15, 0.2) is 0 Å². The molecule has 20 heavy (non-hydrogen) atoms. The van der Waals surface area contributed by atoms with Crippen molar-refractivity contribution in [1.29, 1.82) is 5.26 Å². The number of urea groups is 1. The maximum absolute atomic E-state index is 12.3. The Morgan fingerprint density at radius 3 is 2.85 bits per heavy atom. The van der Waals surface area contributed by atoms with E-state index in [1.54, 1.807) is 23.8 Å². The maximum Gasteiger partial charge on any atom is 0.319 e. The molecule has 1 rings (SSSR count). The highest BCUT2D eigenvalue weighted by atomic mass is 16.4. The van der Waals surface area contributed by atoms with Crippen LogP contribution < -0.4 is 0 Å². The number of carbonyl (C=O) groups excluding carboxylic acids is 1. The topological polar surface area (TPSA) is 84.6 Å². The highest BCUT2D eigenvalue weighted by Gasteiger charge is 2.26. The number of aliphatic carboxylic acids is 1. The first-order chi connectivity index (χ1) is 9.43. The molecule has 2 unspecified atom stereocenters. The van der Waals surface area contributed by atoms with E-state index in [0.717, 1.165) is 12.8 Å². The van der Waals surface area contributed by atoms with Crippen molar-refractivity contribution in [3.63, 3.8) is 0 Å². The maximum atomic E-state index is 12.3. The Kier molecular flexibility index (Phi) is 6.29. The molecule has 1 saturated heterocycles. The molecule has 0 spiro atoms. The number of nitrogens with zero attached hydrogens (tertiary/aromatic N) is 3. The molecule has 0 aliphatic carbocycles. The number of hydrogen-bond donors (Lipinski definition) is 1. The second-order valence-corrected chi connectivity index (χ2v) is 5.58. The van der Waals surface area contributed by atoms with Crippen LogP contribution in [0.25, 0.3) is 0 Å². The summed E-state index contributed by atoms with van der Waals surface area (Å²) < 4.78 is 0. The minimum atomic E-state index is -0.784. The lowest BCUT2D eigenvalue weighted by molar-refractivity contribution is -0.137. The minimum absolute atomic E-state index is 0.0628. The number of nitriles is 1. The summed E-state index contributed by atoms with van der Waals surface area (Å²) in [5, 5.41) is 17.5. The number of carboxylic acid groups (broad SMARTS) is 1. The number of amides is 2. The van der Waals surface area contributed by atoms with E-state index in [2.05, 4.69) is 6.07 Å². The molecule has 6 heteroatoms. The van der Waals surface area contributed by atoms with Crippen LogP contribution in [0.3, 0.4) is 0 Å². The monoisotopic (exact) mass is 281 g/mol. The van der Waals surface area contributed by atoms with Crippen LogP contribution >= 0.6 is 0 Å². The van der Waals surface area contributed by atoms with Gasteiger partial charge in [0.15, 0.2) is 0 Å². The standard InChI is InChI=1S/C14H23N3O3/c1-11(8-15)9-16(2)14(20)17-7-3-4-12(10-17)5-6-13(18)19/h11-12H,3-7,9-10H2,1-2H3,(H,18,19). The summed E-state index contributed by atoms with van der Waals surface area (Å²) in [5.41, 5.74) is 0. The predicted molar refractivity (Wildman–Crippen MR) is 74.0 cm³/mol. The Morgan fingerprint density at radius 2 is 2.25 bits per heavy atom. The molecule has 1 aliphatic heterocycles. The van der Waals surface area contributed by atoms with E-state index in [1.165, 1.54) is 0 Å². The Morgan fingerprint density at radius 1 is 1.55 bits per heavy atom. The predicted octanol–water partition coefficient (Wildman–Crippen LogP) is 1.77. The molecular formula is C14H23N3O3. The van der Waals surface area contributed by atoms with E-state index in [1.807, 2.05) is 0 Å². The lowest BCUT2D eigenvalue weighted by atomic mass is 9.93. The van der Waals surface area contributed by atoms with Crippen LogP contribution in [-0.2, 0) is 4.79 Å². The van der Waals surface area contributed by atoms with Crippen molar-refractivity contribution < 1.29 is 14.7 Å². The van der Waals surface area contributed by atoms with Gasteiger partial charge in [0, 0.05) is 33.1 Å². The Balaban J connectivity index is 2.47. The van der Waals surface area contributed by atoms with Crippen LogP contribution in [-0.4, -0.2) is 53.6 Å². The molecular weight excluding hydrogens is 258 g/mol. The minimum Gasteiger partial charge on any atom is -0.481 e. The van der Waals surface area contributed by atoms with E-state index in [9.17, 15) is 9.59 Å². The average molecular weight is 281 g/mol. The summed E-state index contributed by atoms with van der Waals surface area (Å²) in [6.45, 7) is 3.55. The van der Waals surface area contributed by atoms with E-state index in [4.69, 9.17) is 10.4 Å². The molecule has 0 aromatic rings. The molecule has 112 valence electrons. The summed E-state index contributed by atoms with van der Waals surface area (Å²) in [5.74, 6) is -0.699. The first-order valence-electron chi connectivity index (χ1n) is 7.05. The fourth-order valence-corrected chi connectivity index (χ4v) is 2.57. The first kappa shape index (κ1) is 16.3. The normalized spacial score (nSPS) is 20.1. The van der Waals surface area contributed by atoms with Crippen molar-refractivity contribution in [3.05, 3.63) is 0 Å². The largest absolute Gasteiger partial charge is 0.481 e. The van der Waals surface area contributed by atoms with Gasteiger partial charge in [0.2, 0.25) is 0 Å². The molecule has 0 bridgehead atoms. The number of carboxylic acids is 1. The fourth-order valence-electron chi connectivity index (χ4n) is 2.57. The van der Waals surface area contributed by atoms with Crippen LogP contribution in [0, 0.1) is 23.2 Å². The highest BCUT2D eigenvalue weighted by Crippen LogP contribution is 2.21. The van der Waals surface area contributed by atoms with Gasteiger partial charge in [-0.25, -0.2) is 4.79 Å². The van der Waals surface area contributed by atoms with Crippen LogP contribution in [0.4, 0.5) is 4.79 Å². The number of hydrogen-bond acceptors (Lipinski definition) is 3. The van der Waals surface area contributed by atoms with Crippen molar-refractivity contribution in [3.8, 4) is 6.07 Å². The first-order valence-corrected chi connectivity index (χ1v) is 7.05. The van der Waals surface area contributed by atoms with Crippen molar-refractivity contribution in [2.75, 3.05) is 26.7 Å². The second kappa shape index (κ2) is 7.73. The quantitative estimate of drug-likeness (QED) is 0.832. The van der Waals surface area contributed by atoms with Gasteiger partial charge in [-0.15, -0.1) is 0 Å². The van der Waals surface area contributed by atoms with E-state index in [-0.39, 0.29) is 24.3 Å². The lowest BCUT2D eigenvalue weighted by Crippen LogP contribution is -2.47. The lowest BCUT2D eigenvalue weighted by Gasteiger charge is -2.35. The van der Waals surface area contributed by atoms with Crippen LogP contribution in [0.5, 0.6) is 0 Å². The van der Waals surface area contributed by atoms with Crippen molar-refractivity contribution in [1.82, 2.24) is 9.80 Å². The molecule has 1 aliphatic rings. The Labute approximate surface area is 120 Å². The molecule has 0 radical (unpaired) electrons. The van der Waals surface area contributed by atoms with Gasteiger partial charge in [-0.3, -0.25) is 4.79 Å². The number of piperidine rings is 1.